The Labute approximate surface area is 100 Å². The SMILES string of the molecule is CN(C)Sc1ccc2c(c1)CC(=O)N2.O.O.[HH]. The predicted molar refractivity (Wildman–Crippen MR) is 67.7 cm³/mol. The lowest BCUT2D eigenvalue weighted by Gasteiger charge is -2.09. The van der Waals surface area contributed by atoms with E-state index in [1.165, 1.54) is 4.90 Å². The van der Waals surface area contributed by atoms with Gasteiger partial charge in [0.25, 0.3) is 0 Å². The summed E-state index contributed by atoms with van der Waals surface area (Å²) in [6, 6.07) is 6.05. The molecule has 0 fully saturated rings. The van der Waals surface area contributed by atoms with E-state index in [0.717, 1.165) is 11.3 Å². The molecule has 0 unspecified atom stereocenters. The van der Waals surface area contributed by atoms with Crippen LogP contribution in [-0.4, -0.2) is 35.3 Å². The molecule has 1 aliphatic heterocycles. The van der Waals surface area contributed by atoms with E-state index in [-0.39, 0.29) is 18.3 Å². The molecule has 0 atom stereocenters. The molecule has 0 saturated carbocycles. The highest BCUT2D eigenvalue weighted by Crippen LogP contribution is 2.28. The number of hydrogen-bond donors (Lipinski definition) is 1. The normalized spacial score (nSPS) is 12.6. The number of benzene rings is 1. The number of fused-ring (bicyclic) bond motifs is 1. The minimum absolute atomic E-state index is 0. The summed E-state index contributed by atoms with van der Waals surface area (Å²) in [4.78, 5) is 12.3. The van der Waals surface area contributed by atoms with Crippen molar-refractivity contribution in [1.82, 2.24) is 4.31 Å². The summed E-state index contributed by atoms with van der Waals surface area (Å²) >= 11 is 1.66. The average Bonchev–Trinajstić information content (AvgIpc) is 2.42. The van der Waals surface area contributed by atoms with E-state index in [9.17, 15) is 4.79 Å². The minimum atomic E-state index is 0. The standard InChI is InChI=1S/C10H12N2OS.2H2O.H2/c1-12(2)14-8-3-4-9-7(5-8)6-10(13)11-9;;;/h3-5H,6H2,1-2H3,(H,11,13);2*1H2;1H. The lowest BCUT2D eigenvalue weighted by molar-refractivity contribution is -0.115. The van der Waals surface area contributed by atoms with Gasteiger partial charge in [0.15, 0.2) is 0 Å². The van der Waals surface area contributed by atoms with Gasteiger partial charge in [0.05, 0.1) is 6.42 Å². The molecule has 0 saturated heterocycles. The Hall–Kier alpha value is -1.08. The first-order valence-electron chi connectivity index (χ1n) is 4.43. The molecule has 1 aromatic carbocycles. The van der Waals surface area contributed by atoms with Gasteiger partial charge in [-0.05, 0) is 49.8 Å². The summed E-state index contributed by atoms with van der Waals surface area (Å²) in [5.74, 6) is 0.0898. The molecule has 5 N–H and O–H groups in total. The maximum Gasteiger partial charge on any atom is 0.228 e. The fourth-order valence-corrected chi connectivity index (χ4v) is 2.22. The van der Waals surface area contributed by atoms with Gasteiger partial charge < -0.3 is 16.3 Å². The number of anilines is 1. The second kappa shape index (κ2) is 5.86. The summed E-state index contributed by atoms with van der Waals surface area (Å²) in [5.41, 5.74) is 2.06. The van der Waals surface area contributed by atoms with Crippen LogP contribution in [-0.2, 0) is 11.2 Å². The topological polar surface area (TPSA) is 95.3 Å². The number of nitrogens with zero attached hydrogens (tertiary/aromatic N) is 1. The molecule has 1 amide bonds. The van der Waals surface area contributed by atoms with Gasteiger partial charge in [-0.1, -0.05) is 0 Å². The third-order valence-corrected chi connectivity index (χ3v) is 2.82. The number of nitrogens with one attached hydrogen (secondary N) is 1. The molecular formula is C10H18N2O3S. The van der Waals surface area contributed by atoms with E-state index >= 15 is 0 Å². The fraction of sp³-hybridized carbons (Fsp3) is 0.300. The van der Waals surface area contributed by atoms with Crippen molar-refractivity contribution in [2.24, 2.45) is 0 Å². The van der Waals surface area contributed by atoms with Crippen molar-refractivity contribution in [1.29, 1.82) is 0 Å². The zero-order chi connectivity index (χ0) is 10.1. The Morgan fingerprint density at radius 1 is 1.38 bits per heavy atom. The van der Waals surface area contributed by atoms with Crippen molar-refractivity contribution in [3.8, 4) is 0 Å². The molecule has 0 bridgehead atoms. The molecule has 5 nitrogen and oxygen atoms in total. The Morgan fingerprint density at radius 2 is 2.06 bits per heavy atom. The molecule has 0 radical (unpaired) electrons. The van der Waals surface area contributed by atoms with Crippen LogP contribution in [0.15, 0.2) is 23.1 Å². The van der Waals surface area contributed by atoms with E-state index in [4.69, 9.17) is 0 Å². The van der Waals surface area contributed by atoms with Crippen LogP contribution in [0, 0.1) is 0 Å². The van der Waals surface area contributed by atoms with Crippen molar-refractivity contribution < 1.29 is 17.2 Å². The van der Waals surface area contributed by atoms with E-state index < -0.39 is 0 Å². The molecule has 1 heterocycles. The van der Waals surface area contributed by atoms with Gasteiger partial charge in [0, 0.05) is 12.0 Å². The highest BCUT2D eigenvalue weighted by Gasteiger charge is 2.17. The lowest BCUT2D eigenvalue weighted by atomic mass is 10.2. The van der Waals surface area contributed by atoms with E-state index in [1.807, 2.05) is 30.5 Å². The van der Waals surface area contributed by atoms with Crippen molar-refractivity contribution in [2.45, 2.75) is 11.3 Å². The van der Waals surface area contributed by atoms with Gasteiger partial charge >= 0.3 is 0 Å². The Balaban J connectivity index is 0. The molecule has 6 heteroatoms. The van der Waals surface area contributed by atoms with E-state index in [0.29, 0.717) is 6.42 Å². The summed E-state index contributed by atoms with van der Waals surface area (Å²) in [7, 11) is 4.00. The van der Waals surface area contributed by atoms with Crippen LogP contribution < -0.4 is 5.32 Å². The first-order chi connectivity index (χ1) is 6.65. The van der Waals surface area contributed by atoms with Gasteiger partial charge in [-0.3, -0.25) is 9.10 Å². The van der Waals surface area contributed by atoms with E-state index in [2.05, 4.69) is 11.4 Å². The number of carbonyl (C=O) groups excluding carboxylic acids is 1. The molecule has 2 rings (SSSR count). The molecule has 0 spiro atoms. The maximum absolute atomic E-state index is 11.1. The average molecular weight is 246 g/mol. The number of amides is 1. The van der Waals surface area contributed by atoms with Crippen LogP contribution in [0.5, 0.6) is 0 Å². The smallest absolute Gasteiger partial charge is 0.228 e. The summed E-state index contributed by atoms with van der Waals surface area (Å²) < 4.78 is 2.03. The Kier molecular flexibility index (Phi) is 5.46. The van der Waals surface area contributed by atoms with Gasteiger partial charge in [-0.2, -0.15) is 0 Å². The van der Waals surface area contributed by atoms with Crippen molar-refractivity contribution in [3.63, 3.8) is 0 Å². The van der Waals surface area contributed by atoms with Crippen LogP contribution in [0.2, 0.25) is 0 Å². The van der Waals surface area contributed by atoms with Crippen LogP contribution in [0.4, 0.5) is 5.69 Å². The van der Waals surface area contributed by atoms with Crippen molar-refractivity contribution >= 4 is 23.5 Å². The first kappa shape index (κ1) is 14.9. The third-order valence-electron chi connectivity index (χ3n) is 1.99. The van der Waals surface area contributed by atoms with Gasteiger partial charge in [0.1, 0.15) is 0 Å². The molecule has 1 aliphatic rings. The molecule has 1 aromatic rings. The monoisotopic (exact) mass is 246 g/mol. The van der Waals surface area contributed by atoms with Crippen molar-refractivity contribution in [3.05, 3.63) is 23.8 Å². The number of rotatable bonds is 2. The lowest BCUT2D eigenvalue weighted by Crippen LogP contribution is -2.03. The minimum Gasteiger partial charge on any atom is -0.412 e. The van der Waals surface area contributed by atoms with Crippen LogP contribution in [0.1, 0.15) is 6.99 Å². The highest BCUT2D eigenvalue weighted by atomic mass is 32.2. The largest absolute Gasteiger partial charge is 0.412 e. The quantitative estimate of drug-likeness (QED) is 0.762. The summed E-state index contributed by atoms with van der Waals surface area (Å²) in [6.07, 6.45) is 0.511. The molecule has 0 aromatic heterocycles. The zero-order valence-electron chi connectivity index (χ0n) is 9.20. The predicted octanol–water partition coefficient (Wildman–Crippen LogP) is 0.346. The fourth-order valence-electron chi connectivity index (χ4n) is 1.47. The number of carbonyl (C=O) groups is 1. The number of hydrogen-bond acceptors (Lipinski definition) is 3. The van der Waals surface area contributed by atoms with Crippen LogP contribution in [0.25, 0.3) is 0 Å². The molecule has 16 heavy (non-hydrogen) atoms. The first-order valence-corrected chi connectivity index (χ1v) is 5.20. The van der Waals surface area contributed by atoms with Crippen LogP contribution >= 0.6 is 11.9 Å². The zero-order valence-corrected chi connectivity index (χ0v) is 10.0. The highest BCUT2D eigenvalue weighted by molar-refractivity contribution is 7.97. The third kappa shape index (κ3) is 3.21. The Morgan fingerprint density at radius 3 is 2.69 bits per heavy atom. The second-order valence-electron chi connectivity index (χ2n) is 3.45. The molecule has 92 valence electrons. The Bertz CT molecular complexity index is 388. The summed E-state index contributed by atoms with van der Waals surface area (Å²) in [5, 5.41) is 2.82. The molecular weight excluding hydrogens is 228 g/mol. The van der Waals surface area contributed by atoms with Crippen LogP contribution in [0.3, 0.4) is 0 Å². The summed E-state index contributed by atoms with van der Waals surface area (Å²) in [6.45, 7) is 0. The van der Waals surface area contributed by atoms with Gasteiger partial charge in [-0.15, -0.1) is 0 Å². The van der Waals surface area contributed by atoms with Gasteiger partial charge in [0.2, 0.25) is 5.91 Å². The van der Waals surface area contributed by atoms with Gasteiger partial charge in [-0.25, -0.2) is 0 Å². The van der Waals surface area contributed by atoms with E-state index in [1.54, 1.807) is 11.9 Å². The molecule has 0 aliphatic carbocycles. The maximum atomic E-state index is 11.1. The second-order valence-corrected chi connectivity index (χ2v) is 4.83. The van der Waals surface area contributed by atoms with Crippen molar-refractivity contribution in [2.75, 3.05) is 19.4 Å².